The Balaban J connectivity index is 1.34. The third-order valence-electron chi connectivity index (χ3n) is 5.66. The molecule has 1 fully saturated rings. The van der Waals surface area contributed by atoms with Gasteiger partial charge in [-0.3, -0.25) is 4.79 Å². The molecule has 2 aliphatic rings. The van der Waals surface area contributed by atoms with Crippen LogP contribution in [-0.2, 0) is 20.4 Å². The van der Waals surface area contributed by atoms with Crippen molar-refractivity contribution in [3.63, 3.8) is 0 Å². The zero-order valence-electron chi connectivity index (χ0n) is 17.0. The number of sulfonamides is 1. The Kier molecular flexibility index (Phi) is 6.41. The molecule has 0 saturated heterocycles. The molecule has 0 radical (unpaired) electrons. The lowest BCUT2D eigenvalue weighted by atomic mass is 9.71. The average Bonchev–Trinajstić information content (AvgIpc) is 2.96. The summed E-state index contributed by atoms with van der Waals surface area (Å²) in [6, 6.07) is 12.0. The van der Waals surface area contributed by atoms with Crippen LogP contribution < -0.4 is 19.5 Å². The lowest BCUT2D eigenvalue weighted by Gasteiger charge is -2.43. The smallest absolute Gasteiger partial charge is 0.240 e. The predicted molar refractivity (Wildman–Crippen MR) is 117 cm³/mol. The number of ether oxygens (including phenoxy) is 2. The third kappa shape index (κ3) is 4.97. The second-order valence-corrected chi connectivity index (χ2v) is 10.0. The van der Waals surface area contributed by atoms with Crippen LogP contribution in [0.4, 0.5) is 0 Å². The first-order chi connectivity index (χ1) is 14.9. The number of rotatable bonds is 7. The number of halogens is 1. The van der Waals surface area contributed by atoms with Crippen molar-refractivity contribution in [3.05, 3.63) is 53.1 Å². The van der Waals surface area contributed by atoms with E-state index in [1.54, 1.807) is 6.07 Å². The standard InChI is InChI=1S/C22H25ClN2O5S/c23-17-5-3-16(4-6-17)22(10-1-11-22)25-21(26)9-12-24-31(27,28)18-7-8-19-20(15-18)30-14-2-13-29-19/h3-8,15,24H,1-2,9-14H2,(H,25,26). The molecule has 9 heteroatoms. The molecule has 1 amide bonds. The van der Waals surface area contributed by atoms with E-state index in [-0.39, 0.29) is 23.8 Å². The number of hydrogen-bond donors (Lipinski definition) is 2. The van der Waals surface area contributed by atoms with E-state index < -0.39 is 15.6 Å². The number of nitrogens with one attached hydrogen (secondary N) is 2. The van der Waals surface area contributed by atoms with Gasteiger partial charge in [0.1, 0.15) is 0 Å². The van der Waals surface area contributed by atoms with Crippen molar-refractivity contribution in [1.29, 1.82) is 0 Å². The fourth-order valence-electron chi connectivity index (χ4n) is 3.81. The summed E-state index contributed by atoms with van der Waals surface area (Å²) in [6.45, 7) is 1.00. The van der Waals surface area contributed by atoms with Crippen LogP contribution in [0.15, 0.2) is 47.4 Å². The van der Waals surface area contributed by atoms with Gasteiger partial charge in [0.2, 0.25) is 15.9 Å². The predicted octanol–water partition coefficient (Wildman–Crippen LogP) is 3.37. The maximum absolute atomic E-state index is 12.6. The van der Waals surface area contributed by atoms with Crippen molar-refractivity contribution in [2.45, 2.75) is 42.5 Å². The molecule has 1 aliphatic carbocycles. The van der Waals surface area contributed by atoms with E-state index >= 15 is 0 Å². The lowest BCUT2D eigenvalue weighted by Crippen LogP contribution is -2.51. The van der Waals surface area contributed by atoms with Crippen molar-refractivity contribution in [3.8, 4) is 11.5 Å². The van der Waals surface area contributed by atoms with Crippen LogP contribution in [-0.4, -0.2) is 34.1 Å². The molecule has 1 aliphatic heterocycles. The molecule has 7 nitrogen and oxygen atoms in total. The molecule has 2 aromatic carbocycles. The van der Waals surface area contributed by atoms with Crippen LogP contribution >= 0.6 is 11.6 Å². The van der Waals surface area contributed by atoms with E-state index in [4.69, 9.17) is 21.1 Å². The zero-order valence-corrected chi connectivity index (χ0v) is 18.6. The van der Waals surface area contributed by atoms with Gasteiger partial charge in [0.25, 0.3) is 0 Å². The van der Waals surface area contributed by atoms with Gasteiger partial charge in [0.15, 0.2) is 11.5 Å². The minimum Gasteiger partial charge on any atom is -0.490 e. The Morgan fingerprint density at radius 1 is 1.00 bits per heavy atom. The SMILES string of the molecule is O=C(CCNS(=O)(=O)c1ccc2c(c1)OCCCO2)NC1(c2ccc(Cl)cc2)CCC1. The molecule has 2 N–H and O–H groups in total. The maximum atomic E-state index is 12.6. The number of amides is 1. The maximum Gasteiger partial charge on any atom is 0.240 e. The highest BCUT2D eigenvalue weighted by atomic mass is 35.5. The Hall–Kier alpha value is -2.29. The topological polar surface area (TPSA) is 93.7 Å². The van der Waals surface area contributed by atoms with Crippen LogP contribution in [0, 0.1) is 0 Å². The van der Waals surface area contributed by atoms with Crippen LogP contribution in [0.3, 0.4) is 0 Å². The summed E-state index contributed by atoms with van der Waals surface area (Å²) in [5.41, 5.74) is 0.624. The summed E-state index contributed by atoms with van der Waals surface area (Å²) in [5, 5.41) is 3.73. The van der Waals surface area contributed by atoms with Crippen LogP contribution in [0.5, 0.6) is 11.5 Å². The second-order valence-electron chi connectivity index (χ2n) is 7.80. The number of hydrogen-bond acceptors (Lipinski definition) is 5. The summed E-state index contributed by atoms with van der Waals surface area (Å²) in [7, 11) is -3.77. The minimum atomic E-state index is -3.77. The Labute approximate surface area is 187 Å². The summed E-state index contributed by atoms with van der Waals surface area (Å²) >= 11 is 5.97. The van der Waals surface area contributed by atoms with E-state index in [0.717, 1.165) is 31.2 Å². The fraction of sp³-hybridized carbons (Fsp3) is 0.409. The van der Waals surface area contributed by atoms with Gasteiger partial charge in [0.05, 0.1) is 23.6 Å². The average molecular weight is 465 g/mol. The van der Waals surface area contributed by atoms with Gasteiger partial charge in [-0.2, -0.15) is 0 Å². The number of fused-ring (bicyclic) bond motifs is 1. The van der Waals surface area contributed by atoms with Crippen molar-refractivity contribution in [1.82, 2.24) is 10.0 Å². The molecule has 4 rings (SSSR count). The molecule has 1 saturated carbocycles. The Bertz CT molecular complexity index is 1050. The van der Waals surface area contributed by atoms with E-state index in [9.17, 15) is 13.2 Å². The normalized spacial score (nSPS) is 17.3. The highest BCUT2D eigenvalue weighted by Gasteiger charge is 2.39. The second kappa shape index (κ2) is 9.06. The van der Waals surface area contributed by atoms with Gasteiger partial charge in [-0.1, -0.05) is 23.7 Å². The summed E-state index contributed by atoms with van der Waals surface area (Å²) in [5.74, 6) is 0.743. The molecule has 0 aromatic heterocycles. The van der Waals surface area contributed by atoms with Gasteiger partial charge in [0, 0.05) is 30.5 Å². The number of carbonyl (C=O) groups excluding carboxylic acids is 1. The summed E-state index contributed by atoms with van der Waals surface area (Å²) in [4.78, 5) is 12.6. The molecule has 0 bridgehead atoms. The molecular weight excluding hydrogens is 440 g/mol. The molecule has 2 aromatic rings. The quantitative estimate of drug-likeness (QED) is 0.655. The molecule has 0 spiro atoms. The van der Waals surface area contributed by atoms with Gasteiger partial charge in [-0.25, -0.2) is 13.1 Å². The van der Waals surface area contributed by atoms with Crippen LogP contribution in [0.25, 0.3) is 0 Å². The van der Waals surface area contributed by atoms with Gasteiger partial charge >= 0.3 is 0 Å². The highest BCUT2D eigenvalue weighted by molar-refractivity contribution is 7.89. The van der Waals surface area contributed by atoms with Crippen LogP contribution in [0.2, 0.25) is 5.02 Å². The first-order valence-corrected chi connectivity index (χ1v) is 12.2. The van der Waals surface area contributed by atoms with Gasteiger partial charge < -0.3 is 14.8 Å². The first-order valence-electron chi connectivity index (χ1n) is 10.3. The van der Waals surface area contributed by atoms with E-state index in [1.165, 1.54) is 12.1 Å². The van der Waals surface area contributed by atoms with E-state index in [1.807, 2.05) is 24.3 Å². The number of benzene rings is 2. The van der Waals surface area contributed by atoms with Crippen molar-refractivity contribution < 1.29 is 22.7 Å². The zero-order chi connectivity index (χ0) is 21.9. The number of carbonyl (C=O) groups is 1. The van der Waals surface area contributed by atoms with Gasteiger partial charge in [-0.15, -0.1) is 0 Å². The van der Waals surface area contributed by atoms with E-state index in [0.29, 0.717) is 29.7 Å². The molecular formula is C22H25ClN2O5S. The molecule has 0 unspecified atom stereocenters. The molecule has 31 heavy (non-hydrogen) atoms. The van der Waals surface area contributed by atoms with E-state index in [2.05, 4.69) is 10.0 Å². The molecule has 166 valence electrons. The minimum absolute atomic E-state index is 0.000688. The van der Waals surface area contributed by atoms with Crippen molar-refractivity contribution in [2.75, 3.05) is 19.8 Å². The monoisotopic (exact) mass is 464 g/mol. The summed E-state index contributed by atoms with van der Waals surface area (Å²) in [6.07, 6.45) is 3.51. The Morgan fingerprint density at radius 3 is 2.39 bits per heavy atom. The Morgan fingerprint density at radius 2 is 1.71 bits per heavy atom. The third-order valence-corrected chi connectivity index (χ3v) is 7.37. The lowest BCUT2D eigenvalue weighted by molar-refractivity contribution is -0.124. The van der Waals surface area contributed by atoms with Crippen LogP contribution in [0.1, 0.15) is 37.7 Å². The fourth-order valence-corrected chi connectivity index (χ4v) is 4.98. The van der Waals surface area contributed by atoms with Crippen molar-refractivity contribution in [2.24, 2.45) is 0 Å². The van der Waals surface area contributed by atoms with Crippen molar-refractivity contribution >= 4 is 27.5 Å². The largest absolute Gasteiger partial charge is 0.490 e. The summed E-state index contributed by atoms with van der Waals surface area (Å²) < 4.78 is 38.9. The molecule has 0 atom stereocenters. The molecule has 1 heterocycles. The first kappa shape index (κ1) is 21.9. The highest BCUT2D eigenvalue weighted by Crippen LogP contribution is 2.41. The van der Waals surface area contributed by atoms with Gasteiger partial charge in [-0.05, 0) is 49.1 Å².